The molecule has 0 aromatic heterocycles. The Morgan fingerprint density at radius 3 is 1.41 bits per heavy atom. The Balaban J connectivity index is 1.38. The summed E-state index contributed by atoms with van der Waals surface area (Å²) in [7, 11) is 0. The molecule has 4 saturated heterocycles. The molecular formula is C62H100O19. The molecule has 5 aliphatic rings. The number of hydrogen-bond donors (Lipinski definition) is 9. The standard InChI is InChI=1S/C62H100O19/c1-13-40-21-19-23-42(15-3)58(34(7)47(64)30-61(72)32-49(44(17-5)36(9)80-61)76-53-29-46(63)54(68)38(11)74-53)78-51(66)27-25-41(14-2)22-20-24-43(16-4)59(79-52(67)28-26-40)35(8)48(65)31-62(73)33-50(45(18-6)37(10)81-62)77-60-57(71)56(70)55(69)39(12)75-60/h19-28,34-39,42-50,53-60,63-65,68-73H,13-18,29-33H2,1-12H3/b23-19+,24-20+,27-25+,28-26+,40-21+,41-22+. The highest BCUT2D eigenvalue weighted by atomic mass is 16.7. The average molecular weight is 1150 g/mol. The summed E-state index contributed by atoms with van der Waals surface area (Å²) in [5.74, 6) is -7.80. The van der Waals surface area contributed by atoms with E-state index in [1.807, 2.05) is 84.9 Å². The summed E-state index contributed by atoms with van der Waals surface area (Å²) in [5, 5.41) is 101. The molecular weight excluding hydrogens is 1050 g/mol. The molecule has 5 rings (SSSR count). The molecule has 19 nitrogen and oxygen atoms in total. The van der Waals surface area contributed by atoms with Crippen molar-refractivity contribution < 1.29 is 93.4 Å². The second-order valence-electron chi connectivity index (χ2n) is 23.5. The van der Waals surface area contributed by atoms with Gasteiger partial charge in [0.2, 0.25) is 0 Å². The zero-order chi connectivity index (χ0) is 60.1. The lowest BCUT2D eigenvalue weighted by molar-refractivity contribution is -0.346. The second kappa shape index (κ2) is 31.3. The number of aliphatic hydroxyl groups is 9. The molecule has 9 N–H and O–H groups in total. The molecule has 4 fully saturated rings. The van der Waals surface area contributed by atoms with Crippen molar-refractivity contribution >= 4 is 11.9 Å². The Labute approximate surface area is 480 Å². The lowest BCUT2D eigenvalue weighted by Crippen LogP contribution is -2.60. The number of esters is 2. The quantitative estimate of drug-likeness (QED) is 0.0706. The van der Waals surface area contributed by atoms with Gasteiger partial charge in [-0.2, -0.15) is 0 Å². The minimum Gasteiger partial charge on any atom is -0.458 e. The van der Waals surface area contributed by atoms with Crippen LogP contribution in [-0.4, -0.2) is 174 Å². The summed E-state index contributed by atoms with van der Waals surface area (Å²) in [5.41, 5.74) is 1.52. The van der Waals surface area contributed by atoms with Crippen LogP contribution in [0.1, 0.15) is 154 Å². The van der Waals surface area contributed by atoms with E-state index >= 15 is 0 Å². The van der Waals surface area contributed by atoms with Crippen LogP contribution in [0.3, 0.4) is 0 Å². The van der Waals surface area contributed by atoms with E-state index in [2.05, 4.69) is 0 Å². The molecule has 0 aliphatic carbocycles. The van der Waals surface area contributed by atoms with Gasteiger partial charge < -0.3 is 83.9 Å². The molecule has 0 aromatic rings. The van der Waals surface area contributed by atoms with Gasteiger partial charge in [0.25, 0.3) is 0 Å². The van der Waals surface area contributed by atoms with E-state index in [4.69, 9.17) is 37.9 Å². The van der Waals surface area contributed by atoms with Gasteiger partial charge in [0.05, 0.1) is 54.9 Å². The van der Waals surface area contributed by atoms with Crippen LogP contribution in [0.5, 0.6) is 0 Å². The van der Waals surface area contributed by atoms with Crippen LogP contribution in [0.4, 0.5) is 0 Å². The highest BCUT2D eigenvalue weighted by Crippen LogP contribution is 2.43. The van der Waals surface area contributed by atoms with Gasteiger partial charge in [0, 0.05) is 79.8 Å². The molecule has 19 heteroatoms. The second-order valence-corrected chi connectivity index (χ2v) is 23.5. The van der Waals surface area contributed by atoms with E-state index in [-0.39, 0.29) is 43.9 Å². The molecule has 0 bridgehead atoms. The number of hydrogen-bond acceptors (Lipinski definition) is 19. The van der Waals surface area contributed by atoms with E-state index < -0.39 is 151 Å². The fourth-order valence-corrected chi connectivity index (χ4v) is 12.4. The van der Waals surface area contributed by atoms with Crippen molar-refractivity contribution in [2.75, 3.05) is 0 Å². The first kappa shape index (κ1) is 68.6. The third-order valence-corrected chi connectivity index (χ3v) is 17.7. The van der Waals surface area contributed by atoms with Crippen molar-refractivity contribution in [1.82, 2.24) is 0 Å². The topological polar surface area (TPSA) is 290 Å². The van der Waals surface area contributed by atoms with Gasteiger partial charge >= 0.3 is 11.9 Å². The summed E-state index contributed by atoms with van der Waals surface area (Å²) < 4.78 is 49.3. The van der Waals surface area contributed by atoms with Crippen LogP contribution < -0.4 is 0 Å². The highest BCUT2D eigenvalue weighted by Gasteiger charge is 2.52. The van der Waals surface area contributed by atoms with Crippen LogP contribution in [-0.2, 0) is 47.5 Å². The van der Waals surface area contributed by atoms with Gasteiger partial charge in [-0.05, 0) is 77.4 Å². The zero-order valence-corrected chi connectivity index (χ0v) is 49.9. The maximum atomic E-state index is 13.9. The Hall–Kier alpha value is -3.22. The monoisotopic (exact) mass is 1150 g/mol. The fraction of sp³-hybridized carbons (Fsp3) is 0.774. The van der Waals surface area contributed by atoms with Gasteiger partial charge in [-0.15, -0.1) is 0 Å². The SMILES string of the molecule is CCC1=C\C=C\C(CC)C(C(C)C(O)CC2(O)CC(OC3OC(C)C(O)C(O)C3O)C(CC)C(C)O2)OC(=O)/C=C/C(CC)=C/C=C/C(CC)C(C(C)C(O)CC2(O)CC(OC3CC(O)C(O)C(C)O3)C(CC)C(C)O2)OC(=O)\C=C\1. The van der Waals surface area contributed by atoms with Crippen LogP contribution in [0.15, 0.2) is 71.9 Å². The lowest BCUT2D eigenvalue weighted by atomic mass is 9.80. The maximum absolute atomic E-state index is 13.9. The molecule has 462 valence electrons. The van der Waals surface area contributed by atoms with E-state index in [1.54, 1.807) is 46.8 Å². The number of allylic oxidation sites excluding steroid dienone is 8. The summed E-state index contributed by atoms with van der Waals surface area (Å²) in [6.07, 6.45) is 2.96. The van der Waals surface area contributed by atoms with Crippen molar-refractivity contribution in [2.45, 2.75) is 269 Å². The minimum atomic E-state index is -1.93. The Morgan fingerprint density at radius 2 is 1.00 bits per heavy atom. The predicted molar refractivity (Wildman–Crippen MR) is 301 cm³/mol. The number of aliphatic hydroxyl groups excluding tert-OH is 7. The van der Waals surface area contributed by atoms with E-state index in [0.29, 0.717) is 38.5 Å². The van der Waals surface area contributed by atoms with Gasteiger partial charge in [0.15, 0.2) is 24.2 Å². The van der Waals surface area contributed by atoms with Crippen molar-refractivity contribution in [1.29, 1.82) is 0 Å². The van der Waals surface area contributed by atoms with E-state index in [9.17, 15) is 55.5 Å². The number of carbonyl (C=O) groups excluding carboxylic acids is 2. The first-order valence-electron chi connectivity index (χ1n) is 30.0. The summed E-state index contributed by atoms with van der Waals surface area (Å²) in [6.45, 7) is 22.0. The molecule has 0 spiro atoms. The summed E-state index contributed by atoms with van der Waals surface area (Å²) in [4.78, 5) is 27.8. The fourth-order valence-electron chi connectivity index (χ4n) is 12.4. The summed E-state index contributed by atoms with van der Waals surface area (Å²) in [6, 6.07) is 0. The molecule has 0 amide bonds. The maximum Gasteiger partial charge on any atom is 0.331 e. The molecule has 5 heterocycles. The van der Waals surface area contributed by atoms with Gasteiger partial charge in [0.1, 0.15) is 36.6 Å². The smallest absolute Gasteiger partial charge is 0.331 e. The van der Waals surface area contributed by atoms with Crippen molar-refractivity contribution in [2.24, 2.45) is 35.5 Å². The Bertz CT molecular complexity index is 2150. The van der Waals surface area contributed by atoms with E-state index in [1.165, 1.54) is 12.2 Å². The zero-order valence-electron chi connectivity index (χ0n) is 49.9. The molecule has 25 atom stereocenters. The van der Waals surface area contributed by atoms with Crippen molar-refractivity contribution in [3.05, 3.63) is 71.9 Å². The third kappa shape index (κ3) is 18.4. The number of ether oxygens (including phenoxy) is 8. The molecule has 0 aromatic carbocycles. The van der Waals surface area contributed by atoms with Crippen LogP contribution >= 0.6 is 0 Å². The molecule has 25 unspecified atom stereocenters. The summed E-state index contributed by atoms with van der Waals surface area (Å²) >= 11 is 0. The number of rotatable bonds is 18. The Morgan fingerprint density at radius 1 is 0.568 bits per heavy atom. The van der Waals surface area contributed by atoms with Gasteiger partial charge in [-0.1, -0.05) is 104 Å². The number of carbonyl (C=O) groups is 2. The van der Waals surface area contributed by atoms with Crippen LogP contribution in [0.25, 0.3) is 0 Å². The van der Waals surface area contributed by atoms with Crippen molar-refractivity contribution in [3.63, 3.8) is 0 Å². The molecule has 81 heavy (non-hydrogen) atoms. The van der Waals surface area contributed by atoms with Gasteiger partial charge in [-0.25, -0.2) is 9.59 Å². The predicted octanol–water partition coefficient (Wildman–Crippen LogP) is 6.05. The first-order valence-corrected chi connectivity index (χ1v) is 30.0. The largest absolute Gasteiger partial charge is 0.458 e. The molecule has 0 saturated carbocycles. The third-order valence-electron chi connectivity index (χ3n) is 17.7. The first-order chi connectivity index (χ1) is 38.2. The van der Waals surface area contributed by atoms with Crippen LogP contribution in [0.2, 0.25) is 0 Å². The van der Waals surface area contributed by atoms with Crippen LogP contribution in [0, 0.1) is 35.5 Å². The number of cyclic esters (lactones) is 2. The molecule has 5 aliphatic heterocycles. The Kier molecular flexibility index (Phi) is 26.5. The van der Waals surface area contributed by atoms with E-state index in [0.717, 1.165) is 11.1 Å². The van der Waals surface area contributed by atoms with Gasteiger partial charge in [-0.3, -0.25) is 0 Å². The molecule has 0 radical (unpaired) electrons. The van der Waals surface area contributed by atoms with Crippen molar-refractivity contribution in [3.8, 4) is 0 Å². The normalized spacial score (nSPS) is 44.1. The average Bonchev–Trinajstić information content (AvgIpc) is 3.44. The highest BCUT2D eigenvalue weighted by molar-refractivity contribution is 5.83. The minimum absolute atomic E-state index is 0.00838. The lowest BCUT2D eigenvalue weighted by Gasteiger charge is -2.48.